The molecular weight excluding hydrogens is 324 g/mol. The largest absolute Gasteiger partial charge is 0.324 e. The number of anilines is 2. The van der Waals surface area contributed by atoms with Gasteiger partial charge in [0.1, 0.15) is 0 Å². The Labute approximate surface area is 151 Å². The number of aromatic amines is 1. The van der Waals surface area contributed by atoms with Gasteiger partial charge in [-0.05, 0) is 41.8 Å². The maximum Gasteiger partial charge on any atom is 0.324 e. The van der Waals surface area contributed by atoms with Crippen LogP contribution in [0.25, 0.3) is 10.9 Å². The van der Waals surface area contributed by atoms with E-state index >= 15 is 0 Å². The van der Waals surface area contributed by atoms with Gasteiger partial charge in [0.15, 0.2) is 5.82 Å². The Hall–Kier alpha value is -3.60. The molecule has 4 aromatic rings. The number of hydrogen-bond acceptors (Lipinski definition) is 2. The van der Waals surface area contributed by atoms with E-state index in [1.807, 2.05) is 66.7 Å². The Balaban J connectivity index is 1.40. The molecule has 26 heavy (non-hydrogen) atoms. The second-order valence-electron chi connectivity index (χ2n) is 6.06. The molecule has 5 heteroatoms. The van der Waals surface area contributed by atoms with Gasteiger partial charge in [0.05, 0.1) is 5.52 Å². The molecule has 0 unspecified atom stereocenters. The molecule has 3 aromatic carbocycles. The number of nitrogens with zero attached hydrogens (tertiary/aromatic N) is 1. The molecule has 0 aliphatic heterocycles. The van der Waals surface area contributed by atoms with Crippen LogP contribution in [0.1, 0.15) is 11.1 Å². The highest BCUT2D eigenvalue weighted by atomic mass is 16.2. The third kappa shape index (κ3) is 3.57. The number of para-hydroxylation sites is 1. The number of nitrogens with one attached hydrogen (secondary N) is 3. The maximum atomic E-state index is 12.2. The van der Waals surface area contributed by atoms with Gasteiger partial charge in [-0.25, -0.2) is 4.79 Å². The van der Waals surface area contributed by atoms with Crippen LogP contribution >= 0.6 is 0 Å². The first kappa shape index (κ1) is 15.9. The van der Waals surface area contributed by atoms with E-state index in [2.05, 4.69) is 33.0 Å². The minimum absolute atomic E-state index is 0.321. The number of carbonyl (C=O) groups is 1. The summed E-state index contributed by atoms with van der Waals surface area (Å²) in [6.07, 6.45) is 0.868. The molecule has 0 aliphatic rings. The van der Waals surface area contributed by atoms with Gasteiger partial charge in [-0.2, -0.15) is 5.10 Å². The maximum absolute atomic E-state index is 12.2. The minimum Gasteiger partial charge on any atom is -0.308 e. The van der Waals surface area contributed by atoms with Crippen molar-refractivity contribution in [2.75, 3.05) is 10.6 Å². The van der Waals surface area contributed by atoms with E-state index in [1.165, 1.54) is 11.1 Å². The second kappa shape index (κ2) is 7.11. The summed E-state index contributed by atoms with van der Waals surface area (Å²) in [4.78, 5) is 12.2. The van der Waals surface area contributed by atoms with E-state index < -0.39 is 0 Å². The lowest BCUT2D eigenvalue weighted by Gasteiger charge is -2.07. The summed E-state index contributed by atoms with van der Waals surface area (Å²) in [5.74, 6) is 0.513. The van der Waals surface area contributed by atoms with Crippen LogP contribution in [0.5, 0.6) is 0 Å². The molecule has 0 spiro atoms. The van der Waals surface area contributed by atoms with Gasteiger partial charge in [0.25, 0.3) is 0 Å². The van der Waals surface area contributed by atoms with Crippen LogP contribution in [0, 0.1) is 0 Å². The number of fused-ring (bicyclic) bond motifs is 1. The van der Waals surface area contributed by atoms with Crippen molar-refractivity contribution >= 4 is 28.4 Å². The number of aromatic nitrogens is 2. The molecule has 0 saturated carbocycles. The standard InChI is InChI=1S/C21H18N4O/c26-21(23-20-18-8-4-5-9-19(18)24-25-20)22-17-12-10-16(11-13-17)14-15-6-2-1-3-7-15/h1-13H,14H2,(H3,22,23,24,25,26). The van der Waals surface area contributed by atoms with Crippen molar-refractivity contribution in [3.05, 3.63) is 90.0 Å². The number of carbonyl (C=O) groups excluding carboxylic acids is 1. The number of hydrogen-bond donors (Lipinski definition) is 3. The highest BCUT2D eigenvalue weighted by molar-refractivity contribution is 6.04. The Morgan fingerprint density at radius 2 is 1.50 bits per heavy atom. The first-order chi connectivity index (χ1) is 12.8. The van der Waals surface area contributed by atoms with Gasteiger partial charge in [0, 0.05) is 11.1 Å². The second-order valence-corrected chi connectivity index (χ2v) is 6.06. The quantitative estimate of drug-likeness (QED) is 0.499. The molecule has 1 aromatic heterocycles. The SMILES string of the molecule is O=C(Nc1ccc(Cc2ccccc2)cc1)Nc1n[nH]c2ccccc12. The molecule has 0 atom stereocenters. The zero-order chi connectivity index (χ0) is 17.8. The predicted octanol–water partition coefficient (Wildman–Crippen LogP) is 4.80. The number of rotatable bonds is 4. The zero-order valence-electron chi connectivity index (χ0n) is 14.1. The van der Waals surface area contributed by atoms with Gasteiger partial charge < -0.3 is 5.32 Å². The summed E-state index contributed by atoms with van der Waals surface area (Å²) in [5.41, 5.74) is 4.07. The molecular formula is C21H18N4O. The van der Waals surface area contributed by atoms with Crippen LogP contribution < -0.4 is 10.6 Å². The summed E-state index contributed by atoms with van der Waals surface area (Å²) in [7, 11) is 0. The van der Waals surface area contributed by atoms with E-state index in [0.29, 0.717) is 5.82 Å². The molecule has 0 radical (unpaired) electrons. The normalized spacial score (nSPS) is 10.6. The number of amides is 2. The highest BCUT2D eigenvalue weighted by Crippen LogP contribution is 2.20. The fraction of sp³-hybridized carbons (Fsp3) is 0.0476. The van der Waals surface area contributed by atoms with Crippen LogP contribution in [-0.4, -0.2) is 16.2 Å². The van der Waals surface area contributed by atoms with Crippen LogP contribution in [0.3, 0.4) is 0 Å². The average molecular weight is 342 g/mol. The van der Waals surface area contributed by atoms with Gasteiger partial charge in [-0.1, -0.05) is 54.6 Å². The van der Waals surface area contributed by atoms with Crippen molar-refractivity contribution < 1.29 is 4.79 Å². The van der Waals surface area contributed by atoms with Crippen molar-refractivity contribution in [1.82, 2.24) is 10.2 Å². The smallest absolute Gasteiger partial charge is 0.308 e. The summed E-state index contributed by atoms with van der Waals surface area (Å²) in [5, 5.41) is 13.5. The monoisotopic (exact) mass is 342 g/mol. The highest BCUT2D eigenvalue weighted by Gasteiger charge is 2.09. The lowest BCUT2D eigenvalue weighted by atomic mass is 10.0. The molecule has 0 saturated heterocycles. The average Bonchev–Trinajstić information content (AvgIpc) is 3.07. The number of H-pyrrole nitrogens is 1. The van der Waals surface area contributed by atoms with Crippen molar-refractivity contribution in [3.8, 4) is 0 Å². The molecule has 0 fully saturated rings. The van der Waals surface area contributed by atoms with Crippen LogP contribution in [0.4, 0.5) is 16.3 Å². The molecule has 5 nitrogen and oxygen atoms in total. The van der Waals surface area contributed by atoms with Crippen molar-refractivity contribution in [3.63, 3.8) is 0 Å². The Kier molecular flexibility index (Phi) is 4.35. The Morgan fingerprint density at radius 1 is 0.808 bits per heavy atom. The molecule has 0 bridgehead atoms. The molecule has 2 amide bonds. The fourth-order valence-electron chi connectivity index (χ4n) is 2.87. The predicted molar refractivity (Wildman–Crippen MR) is 104 cm³/mol. The molecule has 3 N–H and O–H groups in total. The van der Waals surface area contributed by atoms with Crippen LogP contribution in [0.15, 0.2) is 78.9 Å². The van der Waals surface area contributed by atoms with Crippen molar-refractivity contribution in [2.45, 2.75) is 6.42 Å². The summed E-state index contributed by atoms with van der Waals surface area (Å²) in [6, 6.07) is 25.5. The van der Waals surface area contributed by atoms with Crippen LogP contribution in [-0.2, 0) is 6.42 Å². The lowest BCUT2D eigenvalue weighted by molar-refractivity contribution is 0.262. The number of benzene rings is 3. The molecule has 1 heterocycles. The van der Waals surface area contributed by atoms with Gasteiger partial charge >= 0.3 is 6.03 Å². The summed E-state index contributed by atoms with van der Waals surface area (Å²) in [6.45, 7) is 0. The number of urea groups is 1. The van der Waals surface area contributed by atoms with E-state index in [-0.39, 0.29) is 6.03 Å². The van der Waals surface area contributed by atoms with E-state index in [9.17, 15) is 4.79 Å². The minimum atomic E-state index is -0.321. The topological polar surface area (TPSA) is 69.8 Å². The van der Waals surface area contributed by atoms with Gasteiger partial charge in [0.2, 0.25) is 0 Å². The van der Waals surface area contributed by atoms with E-state index in [1.54, 1.807) is 0 Å². The Morgan fingerprint density at radius 3 is 2.31 bits per heavy atom. The first-order valence-electron chi connectivity index (χ1n) is 8.42. The van der Waals surface area contributed by atoms with E-state index in [0.717, 1.165) is 23.0 Å². The fourth-order valence-corrected chi connectivity index (χ4v) is 2.87. The zero-order valence-corrected chi connectivity index (χ0v) is 14.1. The van der Waals surface area contributed by atoms with Crippen molar-refractivity contribution in [1.29, 1.82) is 0 Å². The molecule has 4 rings (SSSR count). The summed E-state index contributed by atoms with van der Waals surface area (Å²) < 4.78 is 0. The molecule has 0 aliphatic carbocycles. The summed E-state index contributed by atoms with van der Waals surface area (Å²) >= 11 is 0. The van der Waals surface area contributed by atoms with Gasteiger partial charge in [-0.15, -0.1) is 0 Å². The first-order valence-corrected chi connectivity index (χ1v) is 8.42. The lowest BCUT2D eigenvalue weighted by Crippen LogP contribution is -2.19. The Bertz CT molecular complexity index is 1020. The van der Waals surface area contributed by atoms with E-state index in [4.69, 9.17) is 0 Å². The van der Waals surface area contributed by atoms with Crippen molar-refractivity contribution in [2.24, 2.45) is 0 Å². The third-order valence-electron chi connectivity index (χ3n) is 4.17. The third-order valence-corrected chi connectivity index (χ3v) is 4.17. The van der Waals surface area contributed by atoms with Gasteiger partial charge in [-0.3, -0.25) is 10.4 Å². The van der Waals surface area contributed by atoms with Crippen LogP contribution in [0.2, 0.25) is 0 Å². The molecule has 128 valence electrons.